The Morgan fingerprint density at radius 2 is 1.59 bits per heavy atom. The Morgan fingerprint density at radius 3 is 2.19 bits per heavy atom. The van der Waals surface area contributed by atoms with Crippen molar-refractivity contribution in [2.45, 2.75) is 106 Å². The van der Waals surface area contributed by atoms with E-state index in [0.717, 1.165) is 6.92 Å². The smallest absolute Gasteiger partial charge is 0.263 e. The van der Waals surface area contributed by atoms with E-state index in [1.165, 1.54) is 6.92 Å². The van der Waals surface area contributed by atoms with Crippen LogP contribution in [-0.2, 0) is 28.5 Å². The molecule has 0 bridgehead atoms. The number of alkyl halides is 1. The standard InChI is InChI=1S/C20H34FNO15/c1-5-10(25)13(28)15(19(34-5)33-4-7-11(26)12(27)14(29)17(31)35-7)37-18-9(22-6(2)24)16(30)20(21,32)8(3-23)36-18/h5,7-19,23,25-32H,3-4H2,1-2H3,(H,22,24)/t5-,7-,8-,9+,10-,11-,12+,13+,14-,15+,16-,17+,18+,19-,20-/m1/s1. The lowest BCUT2D eigenvalue weighted by Crippen LogP contribution is -2.71. The van der Waals surface area contributed by atoms with E-state index in [0.29, 0.717) is 0 Å². The Morgan fingerprint density at radius 1 is 0.946 bits per heavy atom. The molecule has 0 spiro atoms. The molecule has 0 unspecified atom stereocenters. The molecular formula is C20H34FNO15. The Kier molecular flexibility index (Phi) is 9.79. The maximum atomic E-state index is 14.7. The van der Waals surface area contributed by atoms with Gasteiger partial charge in [-0.25, -0.2) is 4.39 Å². The van der Waals surface area contributed by atoms with E-state index in [4.69, 9.17) is 23.7 Å². The van der Waals surface area contributed by atoms with Gasteiger partial charge in [0.25, 0.3) is 5.85 Å². The third-order valence-electron chi connectivity index (χ3n) is 6.52. The molecule has 216 valence electrons. The summed E-state index contributed by atoms with van der Waals surface area (Å²) < 4.78 is 41.6. The van der Waals surface area contributed by atoms with Crippen molar-refractivity contribution in [3.8, 4) is 0 Å². The van der Waals surface area contributed by atoms with Gasteiger partial charge in [-0.2, -0.15) is 0 Å². The van der Waals surface area contributed by atoms with Crippen LogP contribution in [0.1, 0.15) is 13.8 Å². The van der Waals surface area contributed by atoms with Gasteiger partial charge < -0.3 is 75.0 Å². The number of hydrogen-bond donors (Lipinski definition) is 10. The van der Waals surface area contributed by atoms with Crippen LogP contribution in [0.2, 0.25) is 0 Å². The first-order valence-corrected chi connectivity index (χ1v) is 11.5. The van der Waals surface area contributed by atoms with Crippen LogP contribution in [0.3, 0.4) is 0 Å². The minimum absolute atomic E-state index is 0.602. The van der Waals surface area contributed by atoms with E-state index in [1.54, 1.807) is 0 Å². The van der Waals surface area contributed by atoms with Gasteiger partial charge in [0.15, 0.2) is 18.9 Å². The molecule has 3 rings (SSSR count). The lowest BCUT2D eigenvalue weighted by atomic mass is 9.94. The van der Waals surface area contributed by atoms with E-state index >= 15 is 0 Å². The maximum absolute atomic E-state index is 14.7. The first-order valence-electron chi connectivity index (χ1n) is 11.5. The maximum Gasteiger partial charge on any atom is 0.263 e. The van der Waals surface area contributed by atoms with Crippen LogP contribution in [0.4, 0.5) is 4.39 Å². The summed E-state index contributed by atoms with van der Waals surface area (Å²) in [5, 5.41) is 92.1. The fourth-order valence-corrected chi connectivity index (χ4v) is 4.30. The molecule has 0 radical (unpaired) electrons. The van der Waals surface area contributed by atoms with E-state index in [9.17, 15) is 55.1 Å². The van der Waals surface area contributed by atoms with Crippen molar-refractivity contribution in [2.24, 2.45) is 0 Å². The molecular weight excluding hydrogens is 513 g/mol. The fourth-order valence-electron chi connectivity index (χ4n) is 4.30. The summed E-state index contributed by atoms with van der Waals surface area (Å²) in [6.07, 6.45) is -22.4. The molecule has 0 aromatic rings. The summed E-state index contributed by atoms with van der Waals surface area (Å²) in [5.41, 5.74) is 0. The van der Waals surface area contributed by atoms with Gasteiger partial charge in [-0.1, -0.05) is 0 Å². The third kappa shape index (κ3) is 6.20. The highest BCUT2D eigenvalue weighted by Gasteiger charge is 2.58. The number of halogens is 1. The predicted molar refractivity (Wildman–Crippen MR) is 111 cm³/mol. The van der Waals surface area contributed by atoms with Crippen LogP contribution >= 0.6 is 0 Å². The Balaban J connectivity index is 1.80. The molecule has 3 aliphatic rings. The molecule has 15 atom stereocenters. The first kappa shape index (κ1) is 30.4. The Hall–Kier alpha value is -1.16. The molecule has 3 aliphatic heterocycles. The van der Waals surface area contributed by atoms with Crippen molar-refractivity contribution in [1.29, 1.82) is 0 Å². The van der Waals surface area contributed by atoms with Crippen LogP contribution in [0.15, 0.2) is 0 Å². The number of aliphatic hydroxyl groups is 9. The van der Waals surface area contributed by atoms with Crippen LogP contribution in [0.5, 0.6) is 0 Å². The summed E-state index contributed by atoms with van der Waals surface area (Å²) in [4.78, 5) is 11.6. The molecule has 0 aromatic heterocycles. The molecule has 3 heterocycles. The van der Waals surface area contributed by atoms with Crippen molar-refractivity contribution in [3.63, 3.8) is 0 Å². The Labute approximate surface area is 209 Å². The second-order valence-corrected chi connectivity index (χ2v) is 9.24. The molecule has 3 saturated heterocycles. The molecule has 0 saturated carbocycles. The van der Waals surface area contributed by atoms with Crippen molar-refractivity contribution in [3.05, 3.63) is 0 Å². The average molecular weight is 547 g/mol. The highest BCUT2D eigenvalue weighted by atomic mass is 19.2. The van der Waals surface area contributed by atoms with E-state index in [-0.39, 0.29) is 0 Å². The minimum Gasteiger partial charge on any atom is -0.393 e. The number of carbonyl (C=O) groups excluding carboxylic acids is 1. The monoisotopic (exact) mass is 547 g/mol. The van der Waals surface area contributed by atoms with Gasteiger partial charge in [0, 0.05) is 6.92 Å². The van der Waals surface area contributed by atoms with Crippen molar-refractivity contribution in [2.75, 3.05) is 13.2 Å². The molecule has 16 nitrogen and oxygen atoms in total. The van der Waals surface area contributed by atoms with Crippen molar-refractivity contribution in [1.82, 2.24) is 5.32 Å². The highest BCUT2D eigenvalue weighted by Crippen LogP contribution is 2.34. The molecule has 10 N–H and O–H groups in total. The van der Waals surface area contributed by atoms with Gasteiger partial charge in [0.2, 0.25) is 5.91 Å². The number of rotatable bonds is 7. The molecule has 1 amide bonds. The Bertz CT molecular complexity index is 778. The van der Waals surface area contributed by atoms with Crippen LogP contribution in [0, 0.1) is 0 Å². The second-order valence-electron chi connectivity index (χ2n) is 9.24. The molecule has 0 aliphatic carbocycles. The van der Waals surface area contributed by atoms with Crippen LogP contribution in [-0.4, -0.2) is 157 Å². The number of amides is 1. The summed E-state index contributed by atoms with van der Waals surface area (Å²) in [6.45, 7) is 0.676. The summed E-state index contributed by atoms with van der Waals surface area (Å²) in [7, 11) is 0. The van der Waals surface area contributed by atoms with E-state index in [2.05, 4.69) is 5.32 Å². The topological polar surface area (TPSA) is 257 Å². The number of carbonyl (C=O) groups is 1. The van der Waals surface area contributed by atoms with Gasteiger partial charge in [0.1, 0.15) is 61.0 Å². The summed E-state index contributed by atoms with van der Waals surface area (Å²) in [5.74, 6) is -4.29. The van der Waals surface area contributed by atoms with Gasteiger partial charge >= 0.3 is 0 Å². The van der Waals surface area contributed by atoms with E-state index < -0.39 is 111 Å². The van der Waals surface area contributed by atoms with Gasteiger partial charge in [-0.3, -0.25) is 4.79 Å². The van der Waals surface area contributed by atoms with Gasteiger partial charge in [-0.15, -0.1) is 0 Å². The number of hydrogen-bond acceptors (Lipinski definition) is 15. The van der Waals surface area contributed by atoms with Crippen molar-refractivity contribution < 1.29 is 78.8 Å². The SMILES string of the molecule is CC(=O)N[C@@H]1[C@H](O[C@@H]2[C@H](OC[C@H]3O[C@H](O)[C@H](O)[C@@H](O)[C@@H]3O)O[C@H](C)[C@@H](O)[C@@H]2O)O[C@H](CO)[C@](O)(F)[C@@H]1O. The second kappa shape index (κ2) is 11.9. The number of nitrogens with one attached hydrogen (secondary N) is 1. The minimum atomic E-state index is -3.51. The van der Waals surface area contributed by atoms with E-state index in [1.807, 2.05) is 0 Å². The van der Waals surface area contributed by atoms with Crippen molar-refractivity contribution >= 4 is 5.91 Å². The number of ether oxygens (including phenoxy) is 5. The van der Waals surface area contributed by atoms with Gasteiger partial charge in [0.05, 0.1) is 19.3 Å². The predicted octanol–water partition coefficient (Wildman–Crippen LogP) is -6.10. The lowest BCUT2D eigenvalue weighted by molar-refractivity contribution is -0.381. The molecule has 37 heavy (non-hydrogen) atoms. The number of aliphatic hydroxyl groups excluding tert-OH is 8. The molecule has 0 aromatic carbocycles. The largest absolute Gasteiger partial charge is 0.393 e. The summed E-state index contributed by atoms with van der Waals surface area (Å²) in [6, 6.07) is -1.77. The van der Waals surface area contributed by atoms with Crippen LogP contribution < -0.4 is 5.32 Å². The lowest BCUT2D eigenvalue weighted by Gasteiger charge is -2.48. The van der Waals surface area contributed by atoms with Crippen LogP contribution in [0.25, 0.3) is 0 Å². The zero-order chi connectivity index (χ0) is 27.8. The molecule has 3 fully saturated rings. The normalized spacial score (nSPS) is 51.0. The van der Waals surface area contributed by atoms with Gasteiger partial charge in [-0.05, 0) is 6.92 Å². The molecule has 17 heteroatoms. The zero-order valence-electron chi connectivity index (χ0n) is 19.8. The average Bonchev–Trinajstić information content (AvgIpc) is 2.83. The first-order chi connectivity index (χ1) is 17.2. The highest BCUT2D eigenvalue weighted by molar-refractivity contribution is 5.73. The fraction of sp³-hybridized carbons (Fsp3) is 0.950. The summed E-state index contributed by atoms with van der Waals surface area (Å²) >= 11 is 0. The third-order valence-corrected chi connectivity index (χ3v) is 6.52. The zero-order valence-corrected chi connectivity index (χ0v) is 19.8. The quantitative estimate of drug-likeness (QED) is 0.142.